The Bertz CT molecular complexity index is 855. The summed E-state index contributed by atoms with van der Waals surface area (Å²) in [7, 11) is 0. The quantitative estimate of drug-likeness (QED) is 0.728. The number of benzene rings is 2. The molecule has 0 bridgehead atoms. The molecule has 3 heteroatoms. The topological polar surface area (TPSA) is 42.0 Å². The SMILES string of the molecule is O=C(c1ccc2c(c1)NCC2)c1ccc2cccnc2c1. The van der Waals surface area contributed by atoms with Crippen LogP contribution < -0.4 is 5.32 Å². The summed E-state index contributed by atoms with van der Waals surface area (Å²) in [5.41, 5.74) is 4.62. The molecule has 21 heavy (non-hydrogen) atoms. The summed E-state index contributed by atoms with van der Waals surface area (Å²) in [6, 6.07) is 15.5. The fraction of sp³-hybridized carbons (Fsp3) is 0.111. The van der Waals surface area contributed by atoms with Crippen molar-refractivity contribution in [3.05, 3.63) is 71.4 Å². The Morgan fingerprint density at radius 3 is 2.86 bits per heavy atom. The largest absolute Gasteiger partial charge is 0.384 e. The summed E-state index contributed by atoms with van der Waals surface area (Å²) in [5.74, 6) is 0.0408. The predicted octanol–water partition coefficient (Wildman–Crippen LogP) is 3.43. The van der Waals surface area contributed by atoms with Crippen molar-refractivity contribution >= 4 is 22.4 Å². The van der Waals surface area contributed by atoms with E-state index in [1.54, 1.807) is 6.20 Å². The molecule has 2 heterocycles. The molecule has 0 radical (unpaired) electrons. The van der Waals surface area contributed by atoms with Crippen molar-refractivity contribution in [3.63, 3.8) is 0 Å². The van der Waals surface area contributed by atoms with Gasteiger partial charge in [-0.2, -0.15) is 0 Å². The molecular weight excluding hydrogens is 260 g/mol. The third-order valence-corrected chi connectivity index (χ3v) is 3.95. The van der Waals surface area contributed by atoms with Gasteiger partial charge in [-0.1, -0.05) is 30.3 Å². The van der Waals surface area contributed by atoms with E-state index in [9.17, 15) is 4.79 Å². The van der Waals surface area contributed by atoms with Crippen molar-refractivity contribution in [2.75, 3.05) is 11.9 Å². The average Bonchev–Trinajstić information content (AvgIpc) is 3.01. The lowest BCUT2D eigenvalue weighted by molar-refractivity contribution is 0.103. The molecule has 1 N–H and O–H groups in total. The van der Waals surface area contributed by atoms with Crippen molar-refractivity contribution in [1.82, 2.24) is 4.98 Å². The van der Waals surface area contributed by atoms with Gasteiger partial charge in [0.2, 0.25) is 0 Å². The highest BCUT2D eigenvalue weighted by Crippen LogP contribution is 2.25. The Labute approximate surface area is 122 Å². The van der Waals surface area contributed by atoms with Crippen LogP contribution in [0.1, 0.15) is 21.5 Å². The zero-order valence-electron chi connectivity index (χ0n) is 11.5. The van der Waals surface area contributed by atoms with Crippen LogP contribution in [-0.4, -0.2) is 17.3 Å². The second-order valence-electron chi connectivity index (χ2n) is 5.29. The molecule has 1 aliphatic rings. The molecule has 0 saturated carbocycles. The maximum atomic E-state index is 12.6. The van der Waals surface area contributed by atoms with Gasteiger partial charge in [-0.3, -0.25) is 9.78 Å². The summed E-state index contributed by atoms with van der Waals surface area (Å²) in [6.45, 7) is 0.951. The number of hydrogen-bond acceptors (Lipinski definition) is 3. The number of fused-ring (bicyclic) bond motifs is 2. The number of rotatable bonds is 2. The minimum absolute atomic E-state index is 0.0408. The van der Waals surface area contributed by atoms with Crippen molar-refractivity contribution in [2.24, 2.45) is 0 Å². The van der Waals surface area contributed by atoms with Crippen LogP contribution in [0.3, 0.4) is 0 Å². The van der Waals surface area contributed by atoms with Gasteiger partial charge in [-0.25, -0.2) is 0 Å². The van der Waals surface area contributed by atoms with Gasteiger partial charge in [0.05, 0.1) is 5.52 Å². The Kier molecular flexibility index (Phi) is 2.71. The van der Waals surface area contributed by atoms with Crippen LogP contribution >= 0.6 is 0 Å². The number of anilines is 1. The van der Waals surface area contributed by atoms with E-state index >= 15 is 0 Å². The summed E-state index contributed by atoms with van der Waals surface area (Å²) >= 11 is 0. The second kappa shape index (κ2) is 4.70. The number of nitrogens with zero attached hydrogens (tertiary/aromatic N) is 1. The molecule has 0 saturated heterocycles. The Balaban J connectivity index is 1.75. The number of hydrogen-bond donors (Lipinski definition) is 1. The Morgan fingerprint density at radius 1 is 1.05 bits per heavy atom. The highest BCUT2D eigenvalue weighted by molar-refractivity contribution is 6.10. The summed E-state index contributed by atoms with van der Waals surface area (Å²) < 4.78 is 0. The maximum Gasteiger partial charge on any atom is 0.193 e. The monoisotopic (exact) mass is 274 g/mol. The van der Waals surface area contributed by atoms with Gasteiger partial charge in [0.1, 0.15) is 0 Å². The first kappa shape index (κ1) is 12.1. The number of nitrogens with one attached hydrogen (secondary N) is 1. The predicted molar refractivity (Wildman–Crippen MR) is 83.8 cm³/mol. The molecule has 0 aliphatic carbocycles. The molecule has 4 rings (SSSR count). The molecule has 102 valence electrons. The molecule has 1 aliphatic heterocycles. The molecule has 3 nitrogen and oxygen atoms in total. The first-order chi connectivity index (χ1) is 10.3. The van der Waals surface area contributed by atoms with Crippen LogP contribution in [0.2, 0.25) is 0 Å². The standard InChI is InChI=1S/C18H14N2O/c21-18(15-6-4-13-7-9-20-17(13)11-15)14-5-3-12-2-1-8-19-16(12)10-14/h1-6,8,10-11,20H,7,9H2. The molecule has 3 aromatic rings. The minimum Gasteiger partial charge on any atom is -0.384 e. The van der Waals surface area contributed by atoms with Gasteiger partial charge in [0, 0.05) is 34.9 Å². The fourth-order valence-corrected chi connectivity index (χ4v) is 2.81. The maximum absolute atomic E-state index is 12.6. The third kappa shape index (κ3) is 2.07. The van der Waals surface area contributed by atoms with Crippen LogP contribution in [0.5, 0.6) is 0 Å². The van der Waals surface area contributed by atoms with Gasteiger partial charge in [-0.15, -0.1) is 0 Å². The Hall–Kier alpha value is -2.68. The van der Waals surface area contributed by atoms with Crippen LogP contribution in [0, 0.1) is 0 Å². The molecule has 0 atom stereocenters. The van der Waals surface area contributed by atoms with Gasteiger partial charge in [0.15, 0.2) is 5.78 Å². The molecule has 0 unspecified atom stereocenters. The highest BCUT2D eigenvalue weighted by atomic mass is 16.1. The van der Waals surface area contributed by atoms with E-state index in [0.29, 0.717) is 5.56 Å². The van der Waals surface area contributed by atoms with Gasteiger partial charge < -0.3 is 5.32 Å². The average molecular weight is 274 g/mol. The number of aromatic nitrogens is 1. The summed E-state index contributed by atoms with van der Waals surface area (Å²) in [4.78, 5) is 16.9. The molecule has 0 fully saturated rings. The first-order valence-electron chi connectivity index (χ1n) is 7.07. The van der Waals surface area contributed by atoms with Crippen molar-refractivity contribution < 1.29 is 4.79 Å². The minimum atomic E-state index is 0.0408. The fourth-order valence-electron chi connectivity index (χ4n) is 2.81. The molecule has 2 aromatic carbocycles. The van der Waals surface area contributed by atoms with Crippen LogP contribution in [0.4, 0.5) is 5.69 Å². The first-order valence-corrected chi connectivity index (χ1v) is 7.07. The van der Waals surface area contributed by atoms with Gasteiger partial charge in [-0.05, 0) is 30.2 Å². The van der Waals surface area contributed by atoms with E-state index in [1.807, 2.05) is 48.5 Å². The van der Waals surface area contributed by atoms with Crippen molar-refractivity contribution in [2.45, 2.75) is 6.42 Å². The van der Waals surface area contributed by atoms with Crippen molar-refractivity contribution in [3.8, 4) is 0 Å². The van der Waals surface area contributed by atoms with Crippen LogP contribution in [-0.2, 0) is 6.42 Å². The van der Waals surface area contributed by atoms with E-state index in [1.165, 1.54) is 5.56 Å². The molecule has 0 amide bonds. The number of ketones is 1. The third-order valence-electron chi connectivity index (χ3n) is 3.95. The van der Waals surface area contributed by atoms with E-state index in [2.05, 4.69) is 10.3 Å². The van der Waals surface area contributed by atoms with Gasteiger partial charge in [0.25, 0.3) is 0 Å². The van der Waals surface area contributed by atoms with E-state index in [0.717, 1.165) is 35.1 Å². The lowest BCUT2D eigenvalue weighted by Crippen LogP contribution is -2.02. The van der Waals surface area contributed by atoms with Crippen LogP contribution in [0.25, 0.3) is 10.9 Å². The lowest BCUT2D eigenvalue weighted by Gasteiger charge is -2.06. The van der Waals surface area contributed by atoms with Gasteiger partial charge >= 0.3 is 0 Å². The molecule has 0 spiro atoms. The summed E-state index contributed by atoms with van der Waals surface area (Å²) in [5, 5.41) is 4.36. The normalized spacial score (nSPS) is 13.0. The molecule has 1 aromatic heterocycles. The van der Waals surface area contributed by atoms with E-state index in [-0.39, 0.29) is 5.78 Å². The second-order valence-corrected chi connectivity index (χ2v) is 5.29. The van der Waals surface area contributed by atoms with E-state index < -0.39 is 0 Å². The molecular formula is C18H14N2O. The van der Waals surface area contributed by atoms with Crippen LogP contribution in [0.15, 0.2) is 54.7 Å². The lowest BCUT2D eigenvalue weighted by atomic mass is 10.00. The summed E-state index contributed by atoms with van der Waals surface area (Å²) in [6.07, 6.45) is 2.78. The zero-order chi connectivity index (χ0) is 14.2. The number of carbonyl (C=O) groups excluding carboxylic acids is 1. The smallest absolute Gasteiger partial charge is 0.193 e. The Morgan fingerprint density at radius 2 is 1.90 bits per heavy atom. The zero-order valence-corrected chi connectivity index (χ0v) is 11.5. The van der Waals surface area contributed by atoms with E-state index in [4.69, 9.17) is 0 Å². The number of carbonyl (C=O) groups is 1. The highest BCUT2D eigenvalue weighted by Gasteiger charge is 2.15. The van der Waals surface area contributed by atoms with Crippen molar-refractivity contribution in [1.29, 1.82) is 0 Å². The number of pyridine rings is 1.